The standard InChI is InChI=1S/C18H22N2O4/c1-11-3-4-14(9-12(11)2)20-16(21)10-15(17(20)22)19-7-5-13(6-8-19)18(23)24/h3-4,9,13,15H,5-8,10H2,1-2H3,(H,23,24)/t15-/m0/s1. The summed E-state index contributed by atoms with van der Waals surface area (Å²) >= 11 is 0. The number of carbonyl (C=O) groups excluding carboxylic acids is 2. The predicted molar refractivity (Wildman–Crippen MR) is 88.7 cm³/mol. The van der Waals surface area contributed by atoms with Gasteiger partial charge in [0, 0.05) is 0 Å². The minimum absolute atomic E-state index is 0.170. The van der Waals surface area contributed by atoms with Crippen molar-refractivity contribution in [1.82, 2.24) is 4.90 Å². The molecular weight excluding hydrogens is 308 g/mol. The summed E-state index contributed by atoms with van der Waals surface area (Å²) in [6.07, 6.45) is 1.22. The van der Waals surface area contributed by atoms with Crippen LogP contribution in [0.2, 0.25) is 0 Å². The van der Waals surface area contributed by atoms with Crippen LogP contribution in [0.3, 0.4) is 0 Å². The second-order valence-electron chi connectivity index (χ2n) is 6.70. The molecule has 0 bridgehead atoms. The third-order valence-corrected chi connectivity index (χ3v) is 5.19. The van der Waals surface area contributed by atoms with Crippen molar-refractivity contribution in [1.29, 1.82) is 0 Å². The second kappa shape index (κ2) is 6.36. The minimum Gasteiger partial charge on any atom is -0.481 e. The number of rotatable bonds is 3. The van der Waals surface area contributed by atoms with Gasteiger partial charge in [0.1, 0.15) is 0 Å². The fourth-order valence-corrected chi connectivity index (χ4v) is 3.50. The van der Waals surface area contributed by atoms with Gasteiger partial charge in [0.2, 0.25) is 5.91 Å². The van der Waals surface area contributed by atoms with E-state index >= 15 is 0 Å². The zero-order valence-electron chi connectivity index (χ0n) is 14.0. The quantitative estimate of drug-likeness (QED) is 0.854. The molecule has 0 saturated carbocycles. The van der Waals surface area contributed by atoms with Crippen LogP contribution in [0.5, 0.6) is 0 Å². The third kappa shape index (κ3) is 2.94. The highest BCUT2D eigenvalue weighted by Crippen LogP contribution is 2.29. The SMILES string of the molecule is Cc1ccc(N2C(=O)C[C@H](N3CCC(C(=O)O)CC3)C2=O)cc1C. The number of benzene rings is 1. The number of amides is 2. The van der Waals surface area contributed by atoms with E-state index in [1.54, 1.807) is 6.07 Å². The van der Waals surface area contributed by atoms with Gasteiger partial charge in [-0.15, -0.1) is 0 Å². The number of carboxylic acid groups (broad SMARTS) is 1. The van der Waals surface area contributed by atoms with Gasteiger partial charge in [-0.1, -0.05) is 6.07 Å². The fourth-order valence-electron chi connectivity index (χ4n) is 3.50. The van der Waals surface area contributed by atoms with Gasteiger partial charge in [-0.3, -0.25) is 19.3 Å². The first-order chi connectivity index (χ1) is 11.4. The zero-order valence-corrected chi connectivity index (χ0v) is 14.0. The Morgan fingerprint density at radius 2 is 1.79 bits per heavy atom. The number of imide groups is 1. The number of hydrogen-bond acceptors (Lipinski definition) is 4. The Morgan fingerprint density at radius 3 is 2.38 bits per heavy atom. The van der Waals surface area contributed by atoms with E-state index in [1.165, 1.54) is 4.90 Å². The lowest BCUT2D eigenvalue weighted by atomic mass is 9.96. The van der Waals surface area contributed by atoms with Crippen LogP contribution in [-0.4, -0.2) is 46.9 Å². The van der Waals surface area contributed by atoms with Crippen LogP contribution in [0.15, 0.2) is 18.2 Å². The number of aryl methyl sites for hydroxylation is 2. The molecule has 1 N–H and O–H groups in total. The Hall–Kier alpha value is -2.21. The number of carboxylic acids is 1. The van der Waals surface area contributed by atoms with Gasteiger partial charge >= 0.3 is 5.97 Å². The molecule has 1 aromatic carbocycles. The molecule has 2 aliphatic rings. The van der Waals surface area contributed by atoms with E-state index in [0.29, 0.717) is 31.6 Å². The molecule has 2 aliphatic heterocycles. The average Bonchev–Trinajstić information content (AvgIpc) is 2.85. The molecule has 2 saturated heterocycles. The van der Waals surface area contributed by atoms with Gasteiger partial charge in [0.25, 0.3) is 5.91 Å². The third-order valence-electron chi connectivity index (χ3n) is 5.19. The normalized spacial score (nSPS) is 23.1. The van der Waals surface area contributed by atoms with Gasteiger partial charge in [-0.2, -0.15) is 0 Å². The molecule has 0 aromatic heterocycles. The fraction of sp³-hybridized carbons (Fsp3) is 0.500. The van der Waals surface area contributed by atoms with E-state index in [-0.39, 0.29) is 24.2 Å². The molecule has 0 spiro atoms. The van der Waals surface area contributed by atoms with Gasteiger partial charge in [-0.05, 0) is 63.0 Å². The Morgan fingerprint density at radius 1 is 1.12 bits per heavy atom. The zero-order chi connectivity index (χ0) is 17.4. The molecule has 0 radical (unpaired) electrons. The maximum absolute atomic E-state index is 12.8. The average molecular weight is 330 g/mol. The molecule has 128 valence electrons. The van der Waals surface area contributed by atoms with E-state index < -0.39 is 12.0 Å². The number of likely N-dealkylation sites (tertiary alicyclic amines) is 1. The van der Waals surface area contributed by atoms with Gasteiger partial charge in [-0.25, -0.2) is 4.90 Å². The summed E-state index contributed by atoms with van der Waals surface area (Å²) in [5, 5.41) is 9.08. The van der Waals surface area contributed by atoms with Gasteiger partial charge in [0.15, 0.2) is 0 Å². The first kappa shape index (κ1) is 16.6. The molecule has 0 unspecified atom stereocenters. The molecule has 2 amide bonds. The number of hydrogen-bond donors (Lipinski definition) is 1. The summed E-state index contributed by atoms with van der Waals surface area (Å²) in [5.74, 6) is -1.50. The molecule has 1 aromatic rings. The van der Waals surface area contributed by atoms with Crippen molar-refractivity contribution in [2.75, 3.05) is 18.0 Å². The number of piperidine rings is 1. The topological polar surface area (TPSA) is 77.9 Å². The minimum atomic E-state index is -0.778. The monoisotopic (exact) mass is 330 g/mol. The van der Waals surface area contributed by atoms with Crippen molar-refractivity contribution in [2.45, 2.75) is 39.2 Å². The highest BCUT2D eigenvalue weighted by molar-refractivity contribution is 6.22. The summed E-state index contributed by atoms with van der Waals surface area (Å²) in [5.41, 5.74) is 2.78. The van der Waals surface area contributed by atoms with Crippen LogP contribution in [0.25, 0.3) is 0 Å². The molecule has 2 fully saturated rings. The summed E-state index contributed by atoms with van der Waals surface area (Å²) in [6.45, 7) is 5.03. The lowest BCUT2D eigenvalue weighted by molar-refractivity contribution is -0.143. The van der Waals surface area contributed by atoms with E-state index in [2.05, 4.69) is 0 Å². The highest BCUT2D eigenvalue weighted by atomic mass is 16.4. The first-order valence-electron chi connectivity index (χ1n) is 8.29. The van der Waals surface area contributed by atoms with Crippen LogP contribution >= 0.6 is 0 Å². The van der Waals surface area contributed by atoms with E-state index in [4.69, 9.17) is 5.11 Å². The summed E-state index contributed by atoms with van der Waals surface area (Å²) in [7, 11) is 0. The molecule has 1 atom stereocenters. The van der Waals surface area contributed by atoms with Crippen molar-refractivity contribution < 1.29 is 19.5 Å². The largest absolute Gasteiger partial charge is 0.481 e. The Balaban J connectivity index is 1.75. The molecular formula is C18H22N2O4. The Bertz CT molecular complexity index is 692. The first-order valence-corrected chi connectivity index (χ1v) is 8.29. The summed E-state index contributed by atoms with van der Waals surface area (Å²) < 4.78 is 0. The van der Waals surface area contributed by atoms with Gasteiger partial charge < -0.3 is 5.11 Å². The number of carbonyl (C=O) groups is 3. The van der Waals surface area contributed by atoms with Crippen molar-refractivity contribution in [3.8, 4) is 0 Å². The van der Waals surface area contributed by atoms with E-state index in [1.807, 2.05) is 30.9 Å². The van der Waals surface area contributed by atoms with Gasteiger partial charge in [0.05, 0.1) is 24.1 Å². The maximum atomic E-state index is 12.8. The molecule has 6 heteroatoms. The molecule has 6 nitrogen and oxygen atoms in total. The summed E-state index contributed by atoms with van der Waals surface area (Å²) in [6, 6.07) is 5.12. The Labute approximate surface area is 141 Å². The number of anilines is 1. The van der Waals surface area contributed by atoms with Crippen molar-refractivity contribution in [2.24, 2.45) is 5.92 Å². The smallest absolute Gasteiger partial charge is 0.306 e. The van der Waals surface area contributed by atoms with Crippen LogP contribution < -0.4 is 4.90 Å². The lowest BCUT2D eigenvalue weighted by Gasteiger charge is -2.33. The van der Waals surface area contributed by atoms with Crippen molar-refractivity contribution in [3.63, 3.8) is 0 Å². The van der Waals surface area contributed by atoms with Crippen LogP contribution in [-0.2, 0) is 14.4 Å². The molecule has 0 aliphatic carbocycles. The van der Waals surface area contributed by atoms with E-state index in [9.17, 15) is 14.4 Å². The van der Waals surface area contributed by atoms with Crippen LogP contribution in [0.1, 0.15) is 30.4 Å². The summed E-state index contributed by atoms with van der Waals surface area (Å²) in [4.78, 5) is 39.5. The number of nitrogens with zero attached hydrogens (tertiary/aromatic N) is 2. The Kier molecular flexibility index (Phi) is 4.41. The van der Waals surface area contributed by atoms with Crippen molar-refractivity contribution in [3.05, 3.63) is 29.3 Å². The second-order valence-corrected chi connectivity index (χ2v) is 6.70. The van der Waals surface area contributed by atoms with Crippen LogP contribution in [0.4, 0.5) is 5.69 Å². The maximum Gasteiger partial charge on any atom is 0.306 e. The predicted octanol–water partition coefficient (Wildman–Crippen LogP) is 1.73. The van der Waals surface area contributed by atoms with Crippen molar-refractivity contribution >= 4 is 23.5 Å². The molecule has 24 heavy (non-hydrogen) atoms. The highest BCUT2D eigenvalue weighted by Gasteiger charge is 2.43. The lowest BCUT2D eigenvalue weighted by Crippen LogP contribution is -2.46. The molecule has 2 heterocycles. The number of aliphatic carboxylic acids is 1. The van der Waals surface area contributed by atoms with E-state index in [0.717, 1.165) is 11.1 Å². The van der Waals surface area contributed by atoms with Crippen LogP contribution in [0, 0.1) is 19.8 Å². The molecule has 3 rings (SSSR count).